The molecule has 0 bridgehead atoms. The van der Waals surface area contributed by atoms with E-state index in [9.17, 15) is 4.39 Å². The van der Waals surface area contributed by atoms with Gasteiger partial charge in [-0.25, -0.2) is 4.39 Å². The monoisotopic (exact) mass is 246 g/mol. The van der Waals surface area contributed by atoms with Crippen LogP contribution in [0, 0.1) is 5.82 Å². The third-order valence-corrected chi connectivity index (χ3v) is 2.66. The fourth-order valence-electron chi connectivity index (χ4n) is 1.79. The van der Waals surface area contributed by atoms with Crippen molar-refractivity contribution < 1.29 is 9.13 Å². The van der Waals surface area contributed by atoms with Crippen molar-refractivity contribution in [1.82, 2.24) is 10.3 Å². The molecule has 4 heteroatoms. The van der Waals surface area contributed by atoms with E-state index in [0.29, 0.717) is 0 Å². The molecule has 2 aromatic rings. The Kier molecular flexibility index (Phi) is 3.89. The molecule has 0 radical (unpaired) electrons. The largest absolute Gasteiger partial charge is 0.494 e. The second-order valence-electron chi connectivity index (χ2n) is 3.96. The highest BCUT2D eigenvalue weighted by atomic mass is 19.1. The Balaban J connectivity index is 2.36. The van der Waals surface area contributed by atoms with E-state index in [2.05, 4.69) is 10.3 Å². The summed E-state index contributed by atoms with van der Waals surface area (Å²) < 4.78 is 18.5. The van der Waals surface area contributed by atoms with Crippen LogP contribution in [0.15, 0.2) is 36.7 Å². The average molecular weight is 246 g/mol. The van der Waals surface area contributed by atoms with Crippen molar-refractivity contribution in [2.75, 3.05) is 14.2 Å². The van der Waals surface area contributed by atoms with Crippen LogP contribution < -0.4 is 10.1 Å². The molecule has 0 saturated heterocycles. The molecular formula is C14H15FN2O. The zero-order valence-corrected chi connectivity index (χ0v) is 10.4. The van der Waals surface area contributed by atoms with Crippen molar-refractivity contribution in [2.24, 2.45) is 0 Å². The SMILES string of the molecule is CNCc1cncc(-c2ccc(OC)c(F)c2)c1. The number of nitrogens with zero attached hydrogens (tertiary/aromatic N) is 1. The third-order valence-electron chi connectivity index (χ3n) is 2.66. The van der Waals surface area contributed by atoms with Crippen LogP contribution in [0.3, 0.4) is 0 Å². The Hall–Kier alpha value is -1.94. The molecule has 0 amide bonds. The lowest BCUT2D eigenvalue weighted by Crippen LogP contribution is -2.05. The summed E-state index contributed by atoms with van der Waals surface area (Å²) >= 11 is 0. The fraction of sp³-hybridized carbons (Fsp3) is 0.214. The zero-order valence-electron chi connectivity index (χ0n) is 10.4. The van der Waals surface area contributed by atoms with Gasteiger partial charge in [0.2, 0.25) is 0 Å². The molecule has 0 unspecified atom stereocenters. The predicted molar refractivity (Wildman–Crippen MR) is 68.9 cm³/mol. The van der Waals surface area contributed by atoms with Crippen LogP contribution in [0.2, 0.25) is 0 Å². The molecule has 18 heavy (non-hydrogen) atoms. The Morgan fingerprint density at radius 1 is 1.22 bits per heavy atom. The molecule has 0 saturated carbocycles. The lowest BCUT2D eigenvalue weighted by atomic mass is 10.1. The van der Waals surface area contributed by atoms with E-state index in [0.717, 1.165) is 23.2 Å². The van der Waals surface area contributed by atoms with Gasteiger partial charge in [-0.3, -0.25) is 4.98 Å². The van der Waals surface area contributed by atoms with E-state index in [1.54, 1.807) is 18.5 Å². The maximum absolute atomic E-state index is 13.6. The van der Waals surface area contributed by atoms with E-state index in [4.69, 9.17) is 4.74 Å². The molecular weight excluding hydrogens is 231 g/mol. The second kappa shape index (κ2) is 5.60. The molecule has 1 heterocycles. The van der Waals surface area contributed by atoms with Gasteiger partial charge in [0, 0.05) is 24.5 Å². The lowest BCUT2D eigenvalue weighted by Gasteiger charge is -2.07. The van der Waals surface area contributed by atoms with Crippen molar-refractivity contribution in [3.8, 4) is 16.9 Å². The Morgan fingerprint density at radius 3 is 2.72 bits per heavy atom. The maximum atomic E-state index is 13.6. The number of rotatable bonds is 4. The number of nitrogens with one attached hydrogen (secondary N) is 1. The van der Waals surface area contributed by atoms with E-state index >= 15 is 0 Å². The minimum Gasteiger partial charge on any atom is -0.494 e. The van der Waals surface area contributed by atoms with Gasteiger partial charge in [0.25, 0.3) is 0 Å². The number of hydrogen-bond acceptors (Lipinski definition) is 3. The van der Waals surface area contributed by atoms with Gasteiger partial charge >= 0.3 is 0 Å². The predicted octanol–water partition coefficient (Wildman–Crippen LogP) is 2.62. The molecule has 1 aromatic heterocycles. The van der Waals surface area contributed by atoms with Crippen LogP contribution in [-0.2, 0) is 6.54 Å². The van der Waals surface area contributed by atoms with Crippen molar-refractivity contribution in [3.63, 3.8) is 0 Å². The Labute approximate surface area is 106 Å². The first kappa shape index (κ1) is 12.5. The summed E-state index contributed by atoms with van der Waals surface area (Å²) in [6.45, 7) is 0.736. The van der Waals surface area contributed by atoms with Crippen LogP contribution in [0.4, 0.5) is 4.39 Å². The van der Waals surface area contributed by atoms with E-state index in [-0.39, 0.29) is 11.6 Å². The summed E-state index contributed by atoms with van der Waals surface area (Å²) in [5, 5.41) is 3.06. The summed E-state index contributed by atoms with van der Waals surface area (Å²) in [6, 6.07) is 6.89. The van der Waals surface area contributed by atoms with Gasteiger partial charge in [0.1, 0.15) is 0 Å². The zero-order chi connectivity index (χ0) is 13.0. The number of ether oxygens (including phenoxy) is 1. The number of pyridine rings is 1. The molecule has 0 aliphatic heterocycles. The quantitative estimate of drug-likeness (QED) is 0.900. The number of halogens is 1. The van der Waals surface area contributed by atoms with Gasteiger partial charge in [-0.2, -0.15) is 0 Å². The first-order valence-electron chi connectivity index (χ1n) is 5.67. The molecule has 94 valence electrons. The number of hydrogen-bond donors (Lipinski definition) is 1. The van der Waals surface area contributed by atoms with Gasteiger partial charge in [-0.05, 0) is 36.4 Å². The summed E-state index contributed by atoms with van der Waals surface area (Å²) in [6.07, 6.45) is 3.51. The molecule has 3 nitrogen and oxygen atoms in total. The lowest BCUT2D eigenvalue weighted by molar-refractivity contribution is 0.386. The van der Waals surface area contributed by atoms with Gasteiger partial charge in [0.15, 0.2) is 11.6 Å². The molecule has 2 rings (SSSR count). The maximum Gasteiger partial charge on any atom is 0.165 e. The summed E-state index contributed by atoms with van der Waals surface area (Å²) in [7, 11) is 3.33. The minimum atomic E-state index is -0.367. The molecule has 1 aromatic carbocycles. The first-order valence-corrected chi connectivity index (χ1v) is 5.67. The minimum absolute atomic E-state index is 0.248. The molecule has 0 atom stereocenters. The van der Waals surface area contributed by atoms with Gasteiger partial charge in [-0.15, -0.1) is 0 Å². The topological polar surface area (TPSA) is 34.2 Å². The highest BCUT2D eigenvalue weighted by Gasteiger charge is 2.06. The van der Waals surface area contributed by atoms with Crippen LogP contribution in [0.1, 0.15) is 5.56 Å². The van der Waals surface area contributed by atoms with E-state index in [1.165, 1.54) is 13.2 Å². The second-order valence-corrected chi connectivity index (χ2v) is 3.96. The summed E-state index contributed by atoms with van der Waals surface area (Å²) in [5.41, 5.74) is 2.74. The molecule has 1 N–H and O–H groups in total. The van der Waals surface area contributed by atoms with Crippen LogP contribution in [-0.4, -0.2) is 19.1 Å². The van der Waals surface area contributed by atoms with E-state index in [1.807, 2.05) is 19.2 Å². The normalized spacial score (nSPS) is 10.4. The van der Waals surface area contributed by atoms with Crippen molar-refractivity contribution in [3.05, 3.63) is 48.0 Å². The van der Waals surface area contributed by atoms with Crippen LogP contribution in [0.5, 0.6) is 5.75 Å². The Morgan fingerprint density at radius 2 is 2.06 bits per heavy atom. The smallest absolute Gasteiger partial charge is 0.165 e. The molecule has 0 aliphatic rings. The average Bonchev–Trinajstić information content (AvgIpc) is 2.39. The number of benzene rings is 1. The number of aromatic nitrogens is 1. The van der Waals surface area contributed by atoms with Crippen molar-refractivity contribution >= 4 is 0 Å². The van der Waals surface area contributed by atoms with Gasteiger partial charge in [-0.1, -0.05) is 6.07 Å². The fourth-order valence-corrected chi connectivity index (χ4v) is 1.79. The molecule has 0 fully saturated rings. The van der Waals surface area contributed by atoms with Crippen molar-refractivity contribution in [1.29, 1.82) is 0 Å². The Bertz CT molecular complexity index is 543. The first-order chi connectivity index (χ1) is 8.74. The highest BCUT2D eigenvalue weighted by Crippen LogP contribution is 2.25. The van der Waals surface area contributed by atoms with Crippen molar-refractivity contribution in [2.45, 2.75) is 6.54 Å². The number of methoxy groups -OCH3 is 1. The van der Waals surface area contributed by atoms with E-state index < -0.39 is 0 Å². The molecule has 0 aliphatic carbocycles. The summed E-state index contributed by atoms with van der Waals surface area (Å²) in [4.78, 5) is 4.16. The van der Waals surface area contributed by atoms with Gasteiger partial charge in [0.05, 0.1) is 7.11 Å². The van der Waals surface area contributed by atoms with Crippen LogP contribution in [0.25, 0.3) is 11.1 Å². The summed E-state index contributed by atoms with van der Waals surface area (Å²) in [5.74, 6) is -0.118. The van der Waals surface area contributed by atoms with Gasteiger partial charge < -0.3 is 10.1 Å². The third kappa shape index (κ3) is 2.65. The van der Waals surface area contributed by atoms with Crippen LogP contribution >= 0.6 is 0 Å². The highest BCUT2D eigenvalue weighted by molar-refractivity contribution is 5.64. The standard InChI is InChI=1S/C14H15FN2O/c1-16-7-10-5-12(9-17-8-10)11-3-4-14(18-2)13(15)6-11/h3-6,8-9,16H,7H2,1-2H3. The molecule has 0 spiro atoms.